The molecule has 0 aromatic heterocycles. The van der Waals surface area contributed by atoms with Crippen molar-refractivity contribution in [2.24, 2.45) is 9.98 Å². The van der Waals surface area contributed by atoms with Gasteiger partial charge in [0.2, 0.25) is 12.2 Å². The number of isocyanates is 2. The molecule has 0 amide bonds. The van der Waals surface area contributed by atoms with Crippen molar-refractivity contribution in [1.29, 1.82) is 0 Å². The normalized spacial score (nSPS) is 9.62. The smallest absolute Gasteiger partial charge is 0.211 e. The highest BCUT2D eigenvalue weighted by atomic mass is 16.1. The van der Waals surface area contributed by atoms with Crippen molar-refractivity contribution in [3.05, 3.63) is 58.7 Å². The van der Waals surface area contributed by atoms with Crippen LogP contribution in [0.15, 0.2) is 46.4 Å². The largest absolute Gasteiger partial charge is 0.240 e. The Bertz CT molecular complexity index is 768. The SMILES string of the molecule is Cc1cc(N=C=O)ccc1Cc1cccc(C)c1N=C=O. The van der Waals surface area contributed by atoms with Crippen LogP contribution < -0.4 is 0 Å². The van der Waals surface area contributed by atoms with Gasteiger partial charge in [0.25, 0.3) is 0 Å². The van der Waals surface area contributed by atoms with Gasteiger partial charge < -0.3 is 0 Å². The van der Waals surface area contributed by atoms with Gasteiger partial charge in [-0.05, 0) is 54.7 Å². The fraction of sp³-hybridized carbons (Fsp3) is 0.176. The van der Waals surface area contributed by atoms with Crippen molar-refractivity contribution in [2.75, 3.05) is 0 Å². The molecule has 0 unspecified atom stereocenters. The lowest BCUT2D eigenvalue weighted by molar-refractivity contribution is 0.564. The van der Waals surface area contributed by atoms with E-state index in [4.69, 9.17) is 0 Å². The maximum absolute atomic E-state index is 10.6. The third-order valence-electron chi connectivity index (χ3n) is 3.36. The molecule has 0 atom stereocenters. The molecule has 0 fully saturated rings. The minimum Gasteiger partial charge on any atom is -0.211 e. The summed E-state index contributed by atoms with van der Waals surface area (Å²) < 4.78 is 0. The van der Waals surface area contributed by atoms with Crippen molar-refractivity contribution < 1.29 is 9.59 Å². The average molecular weight is 278 g/mol. The lowest BCUT2D eigenvalue weighted by Gasteiger charge is -2.10. The van der Waals surface area contributed by atoms with Crippen LogP contribution in [-0.4, -0.2) is 12.2 Å². The van der Waals surface area contributed by atoms with Gasteiger partial charge in [-0.25, -0.2) is 9.59 Å². The van der Waals surface area contributed by atoms with Crippen molar-refractivity contribution >= 4 is 23.5 Å². The molecule has 0 bridgehead atoms. The van der Waals surface area contributed by atoms with Crippen LogP contribution in [0.2, 0.25) is 0 Å². The van der Waals surface area contributed by atoms with Crippen LogP contribution in [0.4, 0.5) is 11.4 Å². The lowest BCUT2D eigenvalue weighted by Crippen LogP contribution is -1.93. The molecule has 0 saturated heterocycles. The third-order valence-corrected chi connectivity index (χ3v) is 3.36. The summed E-state index contributed by atoms with van der Waals surface area (Å²) in [6, 6.07) is 11.3. The Morgan fingerprint density at radius 2 is 1.67 bits per heavy atom. The minimum absolute atomic E-state index is 0.585. The first-order chi connectivity index (χ1) is 10.2. The quantitative estimate of drug-likeness (QED) is 0.630. The zero-order chi connectivity index (χ0) is 15.2. The predicted octanol–water partition coefficient (Wildman–Crippen LogP) is 3.83. The topological polar surface area (TPSA) is 58.9 Å². The standard InChI is InChI=1S/C17H14N2O2/c1-12-4-3-5-15(17(12)19-11-21)9-14-6-7-16(18-10-20)8-13(14)2/h3-8H,9H2,1-2H3. The van der Waals surface area contributed by atoms with Crippen LogP contribution in [0, 0.1) is 13.8 Å². The summed E-state index contributed by atoms with van der Waals surface area (Å²) in [6.45, 7) is 3.87. The molecule has 4 heteroatoms. The number of nitrogens with zero attached hydrogens (tertiary/aromatic N) is 2. The summed E-state index contributed by atoms with van der Waals surface area (Å²) >= 11 is 0. The molecule has 0 heterocycles. The molecule has 2 aromatic rings. The number of hydrogen-bond acceptors (Lipinski definition) is 4. The van der Waals surface area contributed by atoms with Crippen molar-refractivity contribution in [3.63, 3.8) is 0 Å². The van der Waals surface area contributed by atoms with E-state index >= 15 is 0 Å². The van der Waals surface area contributed by atoms with Gasteiger partial charge in [-0.3, -0.25) is 0 Å². The average Bonchev–Trinajstić information content (AvgIpc) is 2.46. The number of carbonyl (C=O) groups excluding carboxylic acids is 2. The number of hydrogen-bond donors (Lipinski definition) is 0. The number of aliphatic imine (C=N–C) groups is 2. The Morgan fingerprint density at radius 3 is 2.33 bits per heavy atom. The van der Waals surface area contributed by atoms with E-state index in [-0.39, 0.29) is 0 Å². The zero-order valence-corrected chi connectivity index (χ0v) is 11.9. The van der Waals surface area contributed by atoms with Crippen LogP contribution in [0.25, 0.3) is 0 Å². The highest BCUT2D eigenvalue weighted by Gasteiger charge is 2.08. The maximum atomic E-state index is 10.6. The van der Waals surface area contributed by atoms with E-state index < -0.39 is 0 Å². The maximum Gasteiger partial charge on any atom is 0.240 e. The first-order valence-corrected chi connectivity index (χ1v) is 6.49. The van der Waals surface area contributed by atoms with Crippen molar-refractivity contribution in [1.82, 2.24) is 0 Å². The molecule has 104 valence electrons. The van der Waals surface area contributed by atoms with E-state index in [1.54, 1.807) is 12.1 Å². The number of para-hydroxylation sites is 1. The van der Waals surface area contributed by atoms with Gasteiger partial charge in [-0.15, -0.1) is 0 Å². The van der Waals surface area contributed by atoms with Gasteiger partial charge in [0.1, 0.15) is 0 Å². The molecule has 0 N–H and O–H groups in total. The molecule has 0 spiro atoms. The van der Waals surface area contributed by atoms with Crippen LogP contribution in [0.3, 0.4) is 0 Å². The summed E-state index contributed by atoms with van der Waals surface area (Å²) in [5.74, 6) is 0. The van der Waals surface area contributed by atoms with E-state index in [0.717, 1.165) is 22.3 Å². The van der Waals surface area contributed by atoms with Gasteiger partial charge in [-0.2, -0.15) is 9.98 Å². The van der Waals surface area contributed by atoms with Crippen molar-refractivity contribution in [2.45, 2.75) is 20.3 Å². The lowest BCUT2D eigenvalue weighted by atomic mass is 9.97. The second kappa shape index (κ2) is 6.58. The fourth-order valence-corrected chi connectivity index (χ4v) is 2.27. The molecule has 0 radical (unpaired) electrons. The van der Waals surface area contributed by atoms with E-state index in [9.17, 15) is 9.59 Å². The predicted molar refractivity (Wildman–Crippen MR) is 80.7 cm³/mol. The number of aryl methyl sites for hydroxylation is 2. The number of rotatable bonds is 4. The van der Waals surface area contributed by atoms with Crippen LogP contribution in [-0.2, 0) is 16.0 Å². The molecular weight excluding hydrogens is 264 g/mol. The Labute approximate surface area is 122 Å². The Kier molecular flexibility index (Phi) is 4.57. The van der Waals surface area contributed by atoms with Crippen molar-refractivity contribution in [3.8, 4) is 0 Å². The minimum atomic E-state index is 0.585. The third kappa shape index (κ3) is 3.40. The first-order valence-electron chi connectivity index (χ1n) is 6.49. The molecule has 2 rings (SSSR count). The summed E-state index contributed by atoms with van der Waals surface area (Å²) in [7, 11) is 0. The van der Waals surface area contributed by atoms with E-state index in [0.29, 0.717) is 17.8 Å². The highest BCUT2D eigenvalue weighted by Crippen LogP contribution is 2.27. The summed E-state index contributed by atoms with van der Waals surface area (Å²) in [5, 5.41) is 0. The molecule has 0 aliphatic carbocycles. The van der Waals surface area contributed by atoms with E-state index in [1.807, 2.05) is 44.2 Å². The molecule has 21 heavy (non-hydrogen) atoms. The second-order valence-electron chi connectivity index (χ2n) is 4.78. The van der Waals surface area contributed by atoms with E-state index in [2.05, 4.69) is 9.98 Å². The van der Waals surface area contributed by atoms with Crippen LogP contribution in [0.5, 0.6) is 0 Å². The Morgan fingerprint density at radius 1 is 0.905 bits per heavy atom. The summed E-state index contributed by atoms with van der Waals surface area (Å²) in [6.07, 6.45) is 3.79. The summed E-state index contributed by atoms with van der Waals surface area (Å²) in [4.78, 5) is 28.3. The van der Waals surface area contributed by atoms with Gasteiger partial charge in [0.05, 0.1) is 11.4 Å². The Balaban J connectivity index is 2.41. The van der Waals surface area contributed by atoms with Gasteiger partial charge in [-0.1, -0.05) is 24.3 Å². The van der Waals surface area contributed by atoms with Crippen LogP contribution >= 0.6 is 0 Å². The molecular formula is C17H14N2O2. The highest BCUT2D eigenvalue weighted by molar-refractivity contribution is 5.60. The van der Waals surface area contributed by atoms with Gasteiger partial charge in [0, 0.05) is 0 Å². The molecule has 4 nitrogen and oxygen atoms in total. The number of benzene rings is 2. The van der Waals surface area contributed by atoms with E-state index in [1.165, 1.54) is 6.08 Å². The molecule has 2 aromatic carbocycles. The molecule has 0 saturated carbocycles. The summed E-state index contributed by atoms with van der Waals surface area (Å²) in [5.41, 5.74) is 5.27. The van der Waals surface area contributed by atoms with Crippen LogP contribution in [0.1, 0.15) is 22.3 Å². The first kappa shape index (κ1) is 14.6. The second-order valence-corrected chi connectivity index (χ2v) is 4.78. The zero-order valence-electron chi connectivity index (χ0n) is 11.9. The fourth-order valence-electron chi connectivity index (χ4n) is 2.27. The monoisotopic (exact) mass is 278 g/mol. The molecule has 0 aliphatic rings. The van der Waals surface area contributed by atoms with Gasteiger partial charge in [0.15, 0.2) is 0 Å². The Hall–Kier alpha value is -2.80. The van der Waals surface area contributed by atoms with Gasteiger partial charge >= 0.3 is 0 Å². The molecule has 0 aliphatic heterocycles.